The maximum Gasteiger partial charge on any atom is 0.122 e. The van der Waals surface area contributed by atoms with Crippen molar-refractivity contribution in [1.82, 2.24) is 5.32 Å². The van der Waals surface area contributed by atoms with Crippen molar-refractivity contribution in [1.29, 1.82) is 0 Å². The standard InChI is InChI=1S/C17H26ClNO/c1-12(2)19-11-13-6-4-5-7-15(13)16-10-14(18)8-9-17(16)20-3/h8-10,12-13,15,19H,4-7,11H2,1-3H3. The van der Waals surface area contributed by atoms with E-state index >= 15 is 0 Å². The van der Waals surface area contributed by atoms with Gasteiger partial charge < -0.3 is 10.1 Å². The van der Waals surface area contributed by atoms with E-state index in [-0.39, 0.29) is 0 Å². The summed E-state index contributed by atoms with van der Waals surface area (Å²) in [5, 5.41) is 4.40. The highest BCUT2D eigenvalue weighted by Gasteiger charge is 2.28. The predicted octanol–water partition coefficient (Wildman–Crippen LogP) is 4.62. The van der Waals surface area contributed by atoms with Crippen LogP contribution in [0.3, 0.4) is 0 Å². The molecule has 0 saturated heterocycles. The van der Waals surface area contributed by atoms with Crippen molar-refractivity contribution in [3.8, 4) is 5.75 Å². The van der Waals surface area contributed by atoms with Crippen molar-refractivity contribution in [2.45, 2.75) is 51.5 Å². The van der Waals surface area contributed by atoms with E-state index in [2.05, 4.69) is 25.2 Å². The van der Waals surface area contributed by atoms with Gasteiger partial charge in [-0.2, -0.15) is 0 Å². The molecule has 0 bridgehead atoms. The molecule has 0 radical (unpaired) electrons. The molecule has 0 amide bonds. The third-order valence-electron chi connectivity index (χ3n) is 4.29. The topological polar surface area (TPSA) is 21.3 Å². The van der Waals surface area contributed by atoms with Gasteiger partial charge in [0.2, 0.25) is 0 Å². The summed E-state index contributed by atoms with van der Waals surface area (Å²) >= 11 is 6.20. The zero-order valence-electron chi connectivity index (χ0n) is 12.8. The van der Waals surface area contributed by atoms with Crippen LogP contribution in [0.2, 0.25) is 5.02 Å². The molecule has 20 heavy (non-hydrogen) atoms. The first-order valence-electron chi connectivity index (χ1n) is 7.68. The summed E-state index contributed by atoms with van der Waals surface area (Å²) in [6, 6.07) is 6.55. The molecule has 3 heteroatoms. The monoisotopic (exact) mass is 295 g/mol. The fourth-order valence-electron chi connectivity index (χ4n) is 3.24. The zero-order valence-corrected chi connectivity index (χ0v) is 13.5. The van der Waals surface area contributed by atoms with Gasteiger partial charge in [-0.15, -0.1) is 0 Å². The molecule has 1 saturated carbocycles. The van der Waals surface area contributed by atoms with Gasteiger partial charge in [-0.05, 0) is 55.0 Å². The molecule has 0 aromatic heterocycles. The van der Waals surface area contributed by atoms with E-state index < -0.39 is 0 Å². The lowest BCUT2D eigenvalue weighted by atomic mass is 9.75. The molecule has 1 aromatic rings. The molecule has 1 aromatic carbocycles. The Balaban J connectivity index is 2.20. The third kappa shape index (κ3) is 3.89. The number of nitrogens with one attached hydrogen (secondary N) is 1. The molecule has 0 aliphatic heterocycles. The lowest BCUT2D eigenvalue weighted by Gasteiger charge is -2.33. The van der Waals surface area contributed by atoms with Crippen LogP contribution in [0.1, 0.15) is 51.0 Å². The van der Waals surface area contributed by atoms with Crippen molar-refractivity contribution in [3.05, 3.63) is 28.8 Å². The lowest BCUT2D eigenvalue weighted by molar-refractivity contribution is 0.282. The molecule has 1 aliphatic carbocycles. The molecular weight excluding hydrogens is 270 g/mol. The summed E-state index contributed by atoms with van der Waals surface area (Å²) < 4.78 is 5.55. The highest BCUT2D eigenvalue weighted by atomic mass is 35.5. The number of benzene rings is 1. The van der Waals surface area contributed by atoms with E-state index in [0.717, 1.165) is 17.3 Å². The van der Waals surface area contributed by atoms with Crippen LogP contribution in [0, 0.1) is 5.92 Å². The molecule has 2 unspecified atom stereocenters. The number of methoxy groups -OCH3 is 1. The molecule has 112 valence electrons. The summed E-state index contributed by atoms with van der Waals surface area (Å²) in [6.45, 7) is 5.49. The van der Waals surface area contributed by atoms with Crippen molar-refractivity contribution >= 4 is 11.6 Å². The summed E-state index contributed by atoms with van der Waals surface area (Å²) in [4.78, 5) is 0. The second kappa shape index (κ2) is 7.33. The highest BCUT2D eigenvalue weighted by molar-refractivity contribution is 6.30. The van der Waals surface area contributed by atoms with Gasteiger partial charge in [0, 0.05) is 11.1 Å². The minimum absolute atomic E-state index is 0.541. The number of halogens is 1. The van der Waals surface area contributed by atoms with Gasteiger partial charge in [0.05, 0.1) is 7.11 Å². The van der Waals surface area contributed by atoms with E-state index in [1.54, 1.807) is 7.11 Å². The van der Waals surface area contributed by atoms with Crippen LogP contribution < -0.4 is 10.1 Å². The molecule has 2 nitrogen and oxygen atoms in total. The summed E-state index contributed by atoms with van der Waals surface area (Å²) in [6.07, 6.45) is 5.17. The first-order chi connectivity index (χ1) is 9.61. The van der Waals surface area contributed by atoms with Crippen LogP contribution in [0.15, 0.2) is 18.2 Å². The fourth-order valence-corrected chi connectivity index (χ4v) is 3.42. The minimum atomic E-state index is 0.541. The summed E-state index contributed by atoms with van der Waals surface area (Å²) in [5.41, 5.74) is 1.29. The van der Waals surface area contributed by atoms with Gasteiger partial charge >= 0.3 is 0 Å². The van der Waals surface area contributed by atoms with Gasteiger partial charge in [-0.1, -0.05) is 38.3 Å². The van der Waals surface area contributed by atoms with E-state index in [4.69, 9.17) is 16.3 Å². The number of ether oxygens (including phenoxy) is 1. The van der Waals surface area contributed by atoms with Crippen LogP contribution in [-0.2, 0) is 0 Å². The van der Waals surface area contributed by atoms with Crippen molar-refractivity contribution in [2.75, 3.05) is 13.7 Å². The molecule has 1 N–H and O–H groups in total. The Kier molecular flexibility index (Phi) is 5.74. The molecule has 0 heterocycles. The molecular formula is C17H26ClNO. The minimum Gasteiger partial charge on any atom is -0.496 e. The predicted molar refractivity (Wildman–Crippen MR) is 85.8 cm³/mol. The van der Waals surface area contributed by atoms with Crippen LogP contribution in [0.4, 0.5) is 0 Å². The quantitative estimate of drug-likeness (QED) is 0.856. The van der Waals surface area contributed by atoms with Crippen LogP contribution >= 0.6 is 11.6 Å². The average molecular weight is 296 g/mol. The van der Waals surface area contributed by atoms with E-state index in [9.17, 15) is 0 Å². The normalized spacial score (nSPS) is 23.1. The Labute approximate surface area is 127 Å². The summed E-state index contributed by atoms with van der Waals surface area (Å²) in [5.74, 6) is 2.22. The number of rotatable bonds is 5. The largest absolute Gasteiger partial charge is 0.496 e. The van der Waals surface area contributed by atoms with E-state index in [1.165, 1.54) is 31.2 Å². The van der Waals surface area contributed by atoms with Gasteiger partial charge in [-0.25, -0.2) is 0 Å². The SMILES string of the molecule is COc1ccc(Cl)cc1C1CCCCC1CNC(C)C. The Morgan fingerprint density at radius 3 is 2.75 bits per heavy atom. The number of hydrogen-bond acceptors (Lipinski definition) is 2. The van der Waals surface area contributed by atoms with Crippen LogP contribution in [0.5, 0.6) is 5.75 Å². The smallest absolute Gasteiger partial charge is 0.122 e. The fraction of sp³-hybridized carbons (Fsp3) is 0.647. The van der Waals surface area contributed by atoms with Crippen LogP contribution in [0.25, 0.3) is 0 Å². The first-order valence-corrected chi connectivity index (χ1v) is 8.06. The van der Waals surface area contributed by atoms with Gasteiger partial charge in [0.15, 0.2) is 0 Å². The Morgan fingerprint density at radius 2 is 2.05 bits per heavy atom. The number of hydrogen-bond donors (Lipinski definition) is 1. The first kappa shape index (κ1) is 15.7. The van der Waals surface area contributed by atoms with Gasteiger partial charge in [0.25, 0.3) is 0 Å². The zero-order chi connectivity index (χ0) is 14.5. The molecule has 2 atom stereocenters. The summed E-state index contributed by atoms with van der Waals surface area (Å²) in [7, 11) is 1.75. The Morgan fingerprint density at radius 1 is 1.30 bits per heavy atom. The molecule has 1 fully saturated rings. The van der Waals surface area contributed by atoms with E-state index in [1.807, 2.05) is 12.1 Å². The third-order valence-corrected chi connectivity index (χ3v) is 4.52. The van der Waals surface area contributed by atoms with Gasteiger partial charge in [0.1, 0.15) is 5.75 Å². The Bertz CT molecular complexity index is 433. The molecule has 0 spiro atoms. The maximum absolute atomic E-state index is 6.20. The van der Waals surface area contributed by atoms with Crippen LogP contribution in [-0.4, -0.2) is 19.7 Å². The lowest BCUT2D eigenvalue weighted by Crippen LogP contribution is -2.33. The van der Waals surface area contributed by atoms with E-state index in [0.29, 0.717) is 17.9 Å². The van der Waals surface area contributed by atoms with Gasteiger partial charge in [-0.3, -0.25) is 0 Å². The molecule has 1 aliphatic rings. The van der Waals surface area contributed by atoms with Crippen molar-refractivity contribution in [3.63, 3.8) is 0 Å². The van der Waals surface area contributed by atoms with Crippen molar-refractivity contribution < 1.29 is 4.74 Å². The highest BCUT2D eigenvalue weighted by Crippen LogP contribution is 2.42. The average Bonchev–Trinajstić information content (AvgIpc) is 2.45. The van der Waals surface area contributed by atoms with Crippen molar-refractivity contribution in [2.24, 2.45) is 5.92 Å². The second-order valence-electron chi connectivity index (χ2n) is 6.10. The maximum atomic E-state index is 6.20. The Hall–Kier alpha value is -0.730. The molecule has 2 rings (SSSR count). The second-order valence-corrected chi connectivity index (χ2v) is 6.54.